The largest absolute Gasteiger partial charge is 0.475 e. The lowest BCUT2D eigenvalue weighted by Crippen LogP contribution is -2.38. The molecule has 0 saturated carbocycles. The third-order valence-corrected chi connectivity index (χ3v) is 4.35. The summed E-state index contributed by atoms with van der Waals surface area (Å²) in [4.78, 5) is 9.01. The molecule has 0 amide bonds. The average Bonchev–Trinajstić information content (AvgIpc) is 3.13. The van der Waals surface area contributed by atoms with Crippen molar-refractivity contribution in [2.45, 2.75) is 66.7 Å². The van der Waals surface area contributed by atoms with Crippen LogP contribution in [0.15, 0.2) is 29.6 Å². The molecule has 1 atom stereocenters. The summed E-state index contributed by atoms with van der Waals surface area (Å²) in [7, 11) is 0. The highest BCUT2D eigenvalue weighted by atomic mass is 16.5. The van der Waals surface area contributed by atoms with E-state index in [1.807, 2.05) is 12.1 Å². The summed E-state index contributed by atoms with van der Waals surface area (Å²) in [6, 6.07) is 3.94. The van der Waals surface area contributed by atoms with Gasteiger partial charge in [-0.3, -0.25) is 0 Å². The Morgan fingerprint density at radius 1 is 1.24 bits per heavy atom. The molecule has 0 radical (unpaired) electrons. The summed E-state index contributed by atoms with van der Waals surface area (Å²) in [6.07, 6.45) is 5.57. The number of aromatic nitrogens is 4. The molecule has 2 aromatic rings. The molecular formula is C21H35N7O. The fourth-order valence-corrected chi connectivity index (χ4v) is 3.08. The van der Waals surface area contributed by atoms with Gasteiger partial charge in [-0.1, -0.05) is 20.8 Å². The number of nitrogens with zero attached hydrogens (tertiary/aromatic N) is 5. The van der Waals surface area contributed by atoms with Gasteiger partial charge in [0.05, 0.1) is 12.6 Å². The van der Waals surface area contributed by atoms with E-state index in [1.165, 1.54) is 0 Å². The molecule has 0 aliphatic heterocycles. The molecule has 0 spiro atoms. The first-order valence-electron chi connectivity index (χ1n) is 10.5. The van der Waals surface area contributed by atoms with Crippen molar-refractivity contribution in [2.75, 3.05) is 13.1 Å². The summed E-state index contributed by atoms with van der Waals surface area (Å²) in [6.45, 7) is 13.5. The van der Waals surface area contributed by atoms with Gasteiger partial charge in [0.1, 0.15) is 12.2 Å². The Kier molecular flexibility index (Phi) is 9.40. The maximum atomic E-state index is 5.94. The third-order valence-electron chi connectivity index (χ3n) is 4.35. The highest BCUT2D eigenvalue weighted by Crippen LogP contribution is 2.15. The second kappa shape index (κ2) is 12.0. The van der Waals surface area contributed by atoms with Gasteiger partial charge in [0, 0.05) is 38.3 Å². The van der Waals surface area contributed by atoms with Crippen molar-refractivity contribution >= 4 is 5.96 Å². The first-order valence-corrected chi connectivity index (χ1v) is 10.5. The van der Waals surface area contributed by atoms with Crippen molar-refractivity contribution in [1.29, 1.82) is 0 Å². The Bertz CT molecular complexity index is 757. The monoisotopic (exact) mass is 401 g/mol. The number of nitrogens with one attached hydrogen (secondary N) is 2. The Morgan fingerprint density at radius 3 is 2.79 bits per heavy atom. The number of hydrogen-bond donors (Lipinski definition) is 2. The Balaban J connectivity index is 1.91. The molecule has 0 saturated heterocycles. The van der Waals surface area contributed by atoms with Gasteiger partial charge in [-0.15, -0.1) is 10.2 Å². The van der Waals surface area contributed by atoms with E-state index in [4.69, 9.17) is 4.74 Å². The summed E-state index contributed by atoms with van der Waals surface area (Å²) >= 11 is 0. The minimum Gasteiger partial charge on any atom is -0.475 e. The van der Waals surface area contributed by atoms with E-state index in [-0.39, 0.29) is 6.10 Å². The minimum atomic E-state index is 0.144. The Hall–Kier alpha value is -2.64. The van der Waals surface area contributed by atoms with Gasteiger partial charge >= 0.3 is 0 Å². The SMILES string of the molecule is CCNC(=NCc1ccnc(OC(C)CC(C)C)c1)NCCn1cnnc1CC. The zero-order chi connectivity index (χ0) is 21.1. The quantitative estimate of drug-likeness (QED) is 0.445. The normalized spacial score (nSPS) is 12.8. The predicted octanol–water partition coefficient (Wildman–Crippen LogP) is 2.80. The molecule has 2 aromatic heterocycles. The van der Waals surface area contributed by atoms with E-state index in [9.17, 15) is 0 Å². The number of pyridine rings is 1. The van der Waals surface area contributed by atoms with E-state index in [0.717, 1.165) is 49.8 Å². The van der Waals surface area contributed by atoms with Gasteiger partial charge < -0.3 is 19.9 Å². The molecule has 0 aliphatic carbocycles. The second-order valence-corrected chi connectivity index (χ2v) is 7.48. The standard InChI is InChI=1S/C21H35N7O/c1-6-19-27-26-15-28(19)11-10-24-21(22-7-2)25-14-18-8-9-23-20(13-18)29-17(5)12-16(3)4/h8-9,13,15-17H,6-7,10-12,14H2,1-5H3,(H2,22,24,25). The lowest BCUT2D eigenvalue weighted by atomic mass is 10.1. The van der Waals surface area contributed by atoms with Crippen molar-refractivity contribution in [1.82, 2.24) is 30.4 Å². The van der Waals surface area contributed by atoms with Crippen LogP contribution in [0.2, 0.25) is 0 Å². The maximum absolute atomic E-state index is 5.94. The summed E-state index contributed by atoms with van der Waals surface area (Å²) in [5.41, 5.74) is 1.07. The van der Waals surface area contributed by atoms with E-state index >= 15 is 0 Å². The van der Waals surface area contributed by atoms with Gasteiger partial charge in [0.25, 0.3) is 0 Å². The molecule has 0 fully saturated rings. The summed E-state index contributed by atoms with van der Waals surface area (Å²) < 4.78 is 8.00. The topological polar surface area (TPSA) is 89.3 Å². The van der Waals surface area contributed by atoms with Gasteiger partial charge in [-0.25, -0.2) is 9.98 Å². The van der Waals surface area contributed by atoms with Crippen LogP contribution in [0.4, 0.5) is 0 Å². The van der Waals surface area contributed by atoms with Crippen LogP contribution < -0.4 is 15.4 Å². The van der Waals surface area contributed by atoms with Crippen molar-refractivity contribution in [3.05, 3.63) is 36.0 Å². The van der Waals surface area contributed by atoms with Crippen LogP contribution in [0.25, 0.3) is 0 Å². The van der Waals surface area contributed by atoms with Crippen LogP contribution in [0.3, 0.4) is 0 Å². The second-order valence-electron chi connectivity index (χ2n) is 7.48. The zero-order valence-corrected chi connectivity index (χ0v) is 18.4. The molecule has 1 unspecified atom stereocenters. The number of ether oxygens (including phenoxy) is 1. The van der Waals surface area contributed by atoms with Crippen molar-refractivity contribution in [3.63, 3.8) is 0 Å². The zero-order valence-electron chi connectivity index (χ0n) is 18.4. The first-order chi connectivity index (χ1) is 14.0. The smallest absolute Gasteiger partial charge is 0.213 e. The number of rotatable bonds is 11. The predicted molar refractivity (Wildman–Crippen MR) is 116 cm³/mol. The fraction of sp³-hybridized carbons (Fsp3) is 0.619. The molecule has 0 aliphatic rings. The molecule has 8 heteroatoms. The molecule has 160 valence electrons. The highest BCUT2D eigenvalue weighted by molar-refractivity contribution is 5.79. The highest BCUT2D eigenvalue weighted by Gasteiger charge is 2.08. The molecule has 2 rings (SSSR count). The van der Waals surface area contributed by atoms with Crippen LogP contribution >= 0.6 is 0 Å². The number of hydrogen-bond acceptors (Lipinski definition) is 5. The molecule has 0 aromatic carbocycles. The number of aryl methyl sites for hydroxylation is 1. The average molecular weight is 402 g/mol. The van der Waals surface area contributed by atoms with Gasteiger partial charge in [-0.05, 0) is 37.8 Å². The molecule has 29 heavy (non-hydrogen) atoms. The Labute approximate surface area is 174 Å². The molecule has 0 bridgehead atoms. The number of aliphatic imine (C=N–C) groups is 1. The lowest BCUT2D eigenvalue weighted by Gasteiger charge is -2.16. The van der Waals surface area contributed by atoms with Gasteiger partial charge in [-0.2, -0.15) is 0 Å². The van der Waals surface area contributed by atoms with Crippen LogP contribution in [-0.2, 0) is 19.5 Å². The van der Waals surface area contributed by atoms with Crippen LogP contribution in [0.5, 0.6) is 5.88 Å². The summed E-state index contributed by atoms with van der Waals surface area (Å²) in [5, 5.41) is 14.7. The maximum Gasteiger partial charge on any atom is 0.213 e. The van der Waals surface area contributed by atoms with E-state index in [1.54, 1.807) is 12.5 Å². The van der Waals surface area contributed by atoms with Gasteiger partial charge in [0.2, 0.25) is 5.88 Å². The van der Waals surface area contributed by atoms with Crippen LogP contribution in [-0.4, -0.2) is 44.9 Å². The molecule has 8 nitrogen and oxygen atoms in total. The van der Waals surface area contributed by atoms with Crippen LogP contribution in [0.1, 0.15) is 52.4 Å². The van der Waals surface area contributed by atoms with E-state index in [2.05, 4.69) is 70.0 Å². The van der Waals surface area contributed by atoms with Crippen molar-refractivity contribution in [3.8, 4) is 5.88 Å². The molecule has 2 N–H and O–H groups in total. The van der Waals surface area contributed by atoms with Crippen molar-refractivity contribution < 1.29 is 4.74 Å². The van der Waals surface area contributed by atoms with Crippen LogP contribution in [0, 0.1) is 5.92 Å². The molecular weight excluding hydrogens is 366 g/mol. The van der Waals surface area contributed by atoms with E-state index in [0.29, 0.717) is 18.3 Å². The Morgan fingerprint density at radius 2 is 2.07 bits per heavy atom. The lowest BCUT2D eigenvalue weighted by molar-refractivity contribution is 0.185. The van der Waals surface area contributed by atoms with Crippen molar-refractivity contribution in [2.24, 2.45) is 10.9 Å². The number of guanidine groups is 1. The summed E-state index contributed by atoms with van der Waals surface area (Å²) in [5.74, 6) is 3.03. The fourth-order valence-electron chi connectivity index (χ4n) is 3.08. The molecule has 2 heterocycles. The first kappa shape index (κ1) is 22.6. The third kappa shape index (κ3) is 8.09. The van der Waals surface area contributed by atoms with Gasteiger partial charge in [0.15, 0.2) is 5.96 Å². The minimum absolute atomic E-state index is 0.144. The van der Waals surface area contributed by atoms with E-state index < -0.39 is 0 Å².